The third kappa shape index (κ3) is 4.40. The van der Waals surface area contributed by atoms with Crippen LogP contribution >= 0.6 is 11.6 Å². The maximum absolute atomic E-state index is 12.1. The normalized spacial score (nSPS) is 11.6. The fraction of sp³-hybridized carbons (Fsp3) is 0.235. The summed E-state index contributed by atoms with van der Waals surface area (Å²) in [5.74, 6) is 1.06. The lowest BCUT2D eigenvalue weighted by atomic mass is 10.2. The van der Waals surface area contributed by atoms with Gasteiger partial charge >= 0.3 is 0 Å². The van der Waals surface area contributed by atoms with Crippen molar-refractivity contribution in [3.8, 4) is 11.5 Å². The predicted octanol–water partition coefficient (Wildman–Crippen LogP) is 3.43. The van der Waals surface area contributed by atoms with Gasteiger partial charge < -0.3 is 14.8 Å². The quantitative estimate of drug-likeness (QED) is 0.887. The molecule has 0 bridgehead atoms. The van der Waals surface area contributed by atoms with Crippen LogP contribution in [0.1, 0.15) is 12.5 Å². The summed E-state index contributed by atoms with van der Waals surface area (Å²) >= 11 is 6.05. The highest BCUT2D eigenvalue weighted by Gasteiger charge is 2.15. The summed E-state index contributed by atoms with van der Waals surface area (Å²) < 4.78 is 10.7. The van der Waals surface area contributed by atoms with Crippen molar-refractivity contribution in [1.29, 1.82) is 0 Å². The Kier molecular flexibility index (Phi) is 5.67. The Labute approximate surface area is 135 Å². The van der Waals surface area contributed by atoms with Crippen LogP contribution in [0.15, 0.2) is 48.5 Å². The zero-order valence-electron chi connectivity index (χ0n) is 12.5. The molecule has 1 amide bonds. The maximum atomic E-state index is 12.1. The van der Waals surface area contributed by atoms with Crippen LogP contribution < -0.4 is 14.8 Å². The van der Waals surface area contributed by atoms with Gasteiger partial charge in [-0.1, -0.05) is 35.9 Å². The van der Waals surface area contributed by atoms with Crippen LogP contribution in [0.4, 0.5) is 0 Å². The van der Waals surface area contributed by atoms with E-state index in [1.165, 1.54) is 0 Å². The second-order valence-corrected chi connectivity index (χ2v) is 5.16. The molecular formula is C17H18ClNO3. The second kappa shape index (κ2) is 7.71. The first kappa shape index (κ1) is 16.2. The maximum Gasteiger partial charge on any atom is 0.261 e. The van der Waals surface area contributed by atoms with Gasteiger partial charge in [-0.05, 0) is 30.7 Å². The van der Waals surface area contributed by atoms with Gasteiger partial charge in [0, 0.05) is 17.6 Å². The summed E-state index contributed by atoms with van der Waals surface area (Å²) in [4.78, 5) is 12.1. The fourth-order valence-corrected chi connectivity index (χ4v) is 2.10. The minimum atomic E-state index is -0.616. The highest BCUT2D eigenvalue weighted by molar-refractivity contribution is 6.31. The molecule has 116 valence electrons. The van der Waals surface area contributed by atoms with E-state index in [9.17, 15) is 4.79 Å². The molecule has 0 unspecified atom stereocenters. The van der Waals surface area contributed by atoms with Crippen LogP contribution in [0, 0.1) is 0 Å². The van der Waals surface area contributed by atoms with Crippen LogP contribution in [0.5, 0.6) is 11.5 Å². The Bertz CT molecular complexity index is 645. The van der Waals surface area contributed by atoms with E-state index in [0.29, 0.717) is 23.1 Å². The van der Waals surface area contributed by atoms with E-state index in [4.69, 9.17) is 21.1 Å². The molecule has 22 heavy (non-hydrogen) atoms. The van der Waals surface area contributed by atoms with E-state index in [1.54, 1.807) is 32.2 Å². The molecule has 0 aliphatic heterocycles. The number of rotatable bonds is 6. The Morgan fingerprint density at radius 2 is 1.91 bits per heavy atom. The molecule has 2 aromatic carbocycles. The van der Waals surface area contributed by atoms with E-state index in [2.05, 4.69) is 5.32 Å². The number of hydrogen-bond acceptors (Lipinski definition) is 3. The molecule has 0 aliphatic rings. The topological polar surface area (TPSA) is 47.6 Å². The number of nitrogens with one attached hydrogen (secondary N) is 1. The molecule has 0 spiro atoms. The van der Waals surface area contributed by atoms with Gasteiger partial charge in [0.25, 0.3) is 5.91 Å². The Morgan fingerprint density at radius 3 is 2.64 bits per heavy atom. The third-order valence-corrected chi connectivity index (χ3v) is 3.50. The van der Waals surface area contributed by atoms with Gasteiger partial charge in [0.05, 0.1) is 7.11 Å². The molecule has 0 aliphatic carbocycles. The molecule has 0 fully saturated rings. The van der Waals surface area contributed by atoms with Crippen molar-refractivity contribution in [2.45, 2.75) is 19.6 Å². The first-order chi connectivity index (χ1) is 10.6. The van der Waals surface area contributed by atoms with Crippen molar-refractivity contribution in [2.24, 2.45) is 0 Å². The average Bonchev–Trinajstić information content (AvgIpc) is 2.54. The number of hydrogen-bond donors (Lipinski definition) is 1. The molecule has 0 radical (unpaired) electrons. The standard InChI is InChI=1S/C17H18ClNO3/c1-12(22-15-8-5-7-14(10-15)21-2)17(20)19-11-13-6-3-4-9-16(13)18/h3-10,12H,11H2,1-2H3,(H,19,20)/t12-/m1/s1. The SMILES string of the molecule is COc1cccc(O[C@H](C)C(=O)NCc2ccccc2Cl)c1. The smallest absolute Gasteiger partial charge is 0.261 e. The molecule has 0 saturated carbocycles. The monoisotopic (exact) mass is 319 g/mol. The highest BCUT2D eigenvalue weighted by atomic mass is 35.5. The molecular weight excluding hydrogens is 302 g/mol. The van der Waals surface area contributed by atoms with Gasteiger partial charge in [-0.3, -0.25) is 4.79 Å². The zero-order valence-corrected chi connectivity index (χ0v) is 13.3. The minimum Gasteiger partial charge on any atom is -0.497 e. The summed E-state index contributed by atoms with van der Waals surface area (Å²) in [5, 5.41) is 3.44. The van der Waals surface area contributed by atoms with Gasteiger partial charge in [-0.25, -0.2) is 0 Å². The number of methoxy groups -OCH3 is 1. The number of ether oxygens (including phenoxy) is 2. The lowest BCUT2D eigenvalue weighted by Crippen LogP contribution is -2.35. The summed E-state index contributed by atoms with van der Waals surface area (Å²) in [7, 11) is 1.58. The van der Waals surface area contributed by atoms with E-state index < -0.39 is 6.10 Å². The fourth-order valence-electron chi connectivity index (χ4n) is 1.90. The summed E-state index contributed by atoms with van der Waals surface area (Å²) in [6.45, 7) is 2.06. The van der Waals surface area contributed by atoms with Crippen LogP contribution in [0.25, 0.3) is 0 Å². The number of halogens is 1. The van der Waals surface area contributed by atoms with Crippen molar-refractivity contribution < 1.29 is 14.3 Å². The van der Waals surface area contributed by atoms with E-state index >= 15 is 0 Å². The van der Waals surface area contributed by atoms with Crippen molar-refractivity contribution in [2.75, 3.05) is 7.11 Å². The first-order valence-corrected chi connectivity index (χ1v) is 7.30. The third-order valence-electron chi connectivity index (χ3n) is 3.13. The van der Waals surface area contributed by atoms with Crippen molar-refractivity contribution >= 4 is 17.5 Å². The van der Waals surface area contributed by atoms with E-state index in [0.717, 1.165) is 5.56 Å². The van der Waals surface area contributed by atoms with E-state index in [1.807, 2.05) is 30.3 Å². The van der Waals surface area contributed by atoms with Crippen LogP contribution in [0.2, 0.25) is 5.02 Å². The van der Waals surface area contributed by atoms with Crippen molar-refractivity contribution in [3.05, 3.63) is 59.1 Å². The number of amides is 1. The molecule has 0 aromatic heterocycles. The first-order valence-electron chi connectivity index (χ1n) is 6.92. The van der Waals surface area contributed by atoms with Crippen LogP contribution in [-0.2, 0) is 11.3 Å². The van der Waals surface area contributed by atoms with Gasteiger partial charge in [0.15, 0.2) is 6.10 Å². The van der Waals surface area contributed by atoms with Crippen LogP contribution in [-0.4, -0.2) is 19.1 Å². The molecule has 4 nitrogen and oxygen atoms in total. The molecule has 5 heteroatoms. The Balaban J connectivity index is 1.90. The second-order valence-electron chi connectivity index (χ2n) is 4.75. The predicted molar refractivity (Wildman–Crippen MR) is 86.4 cm³/mol. The van der Waals surface area contributed by atoms with Gasteiger partial charge in [-0.2, -0.15) is 0 Å². The highest BCUT2D eigenvalue weighted by Crippen LogP contribution is 2.20. The lowest BCUT2D eigenvalue weighted by Gasteiger charge is -2.15. The van der Waals surface area contributed by atoms with Gasteiger partial charge in [0.1, 0.15) is 11.5 Å². The molecule has 1 N–H and O–H groups in total. The molecule has 0 heterocycles. The average molecular weight is 320 g/mol. The molecule has 2 rings (SSSR count). The lowest BCUT2D eigenvalue weighted by molar-refractivity contribution is -0.127. The van der Waals surface area contributed by atoms with Gasteiger partial charge in [-0.15, -0.1) is 0 Å². The Hall–Kier alpha value is -2.20. The molecule has 1 atom stereocenters. The zero-order chi connectivity index (χ0) is 15.9. The summed E-state index contributed by atoms with van der Waals surface area (Å²) in [6.07, 6.45) is -0.616. The van der Waals surface area contributed by atoms with E-state index in [-0.39, 0.29) is 5.91 Å². The minimum absolute atomic E-state index is 0.206. The summed E-state index contributed by atoms with van der Waals surface area (Å²) in [6, 6.07) is 14.5. The number of carbonyl (C=O) groups excluding carboxylic acids is 1. The molecule has 0 saturated heterocycles. The molecule has 2 aromatic rings. The Morgan fingerprint density at radius 1 is 1.18 bits per heavy atom. The largest absolute Gasteiger partial charge is 0.497 e. The summed E-state index contributed by atoms with van der Waals surface area (Å²) in [5.41, 5.74) is 0.867. The van der Waals surface area contributed by atoms with Crippen molar-refractivity contribution in [3.63, 3.8) is 0 Å². The van der Waals surface area contributed by atoms with Crippen LogP contribution in [0.3, 0.4) is 0 Å². The number of carbonyl (C=O) groups is 1. The van der Waals surface area contributed by atoms with Gasteiger partial charge in [0.2, 0.25) is 0 Å². The van der Waals surface area contributed by atoms with Crippen molar-refractivity contribution in [1.82, 2.24) is 5.32 Å². The number of benzene rings is 2.